The number of nitrogens with one attached hydrogen (secondary N) is 1. The number of esters is 1. The van der Waals surface area contributed by atoms with E-state index in [1.165, 1.54) is 257 Å². The summed E-state index contributed by atoms with van der Waals surface area (Å²) >= 11 is 0. The lowest BCUT2D eigenvalue weighted by atomic mass is 10.0. The number of carbonyl (C=O) groups excluding carboxylic acids is 2. The molecule has 0 aliphatic heterocycles. The third-order valence-corrected chi connectivity index (χ3v) is 14.7. The smallest absolute Gasteiger partial charge is 0.305 e. The van der Waals surface area contributed by atoms with Crippen molar-refractivity contribution in [2.45, 2.75) is 353 Å². The molecule has 0 aliphatic carbocycles. The molecular formula is C65H123NO5. The Morgan fingerprint density at radius 2 is 0.718 bits per heavy atom. The van der Waals surface area contributed by atoms with Gasteiger partial charge in [0.15, 0.2) is 0 Å². The standard InChI is InChI=1S/C65H123NO5/c1-3-5-7-9-11-13-15-16-35-39-43-47-51-55-59-65(70)71-60-56-52-48-44-40-36-33-31-29-27-25-23-21-19-17-18-20-22-24-26-28-30-32-34-38-42-46-50-54-58-64(69)66-62(61-67)63(68)57-53-49-45-41-37-14-12-10-8-6-4-2/h9,11,15-17,19,62-63,67-68H,3-8,10,12-14,18,20-61H2,1-2H3,(H,66,69)/b11-9-,16-15-,19-17-. The molecule has 0 heterocycles. The van der Waals surface area contributed by atoms with Crippen LogP contribution >= 0.6 is 0 Å². The quantitative estimate of drug-likeness (QED) is 0.0321. The van der Waals surface area contributed by atoms with Crippen LogP contribution in [0.1, 0.15) is 341 Å². The number of hydrogen-bond acceptors (Lipinski definition) is 5. The number of ether oxygens (including phenoxy) is 1. The van der Waals surface area contributed by atoms with E-state index >= 15 is 0 Å². The first-order valence-corrected chi connectivity index (χ1v) is 31.7. The van der Waals surface area contributed by atoms with E-state index in [0.717, 1.165) is 51.4 Å². The van der Waals surface area contributed by atoms with E-state index < -0.39 is 12.1 Å². The van der Waals surface area contributed by atoms with Gasteiger partial charge in [-0.05, 0) is 77.0 Å². The van der Waals surface area contributed by atoms with E-state index in [1.807, 2.05) is 0 Å². The fraction of sp³-hybridized carbons (Fsp3) is 0.877. The Bertz CT molecular complexity index is 1150. The molecule has 6 nitrogen and oxygen atoms in total. The summed E-state index contributed by atoms with van der Waals surface area (Å²) in [5, 5.41) is 23.2. The Kier molecular flexibility index (Phi) is 59.0. The molecule has 0 aliphatic rings. The molecule has 0 aromatic heterocycles. The van der Waals surface area contributed by atoms with E-state index in [0.29, 0.717) is 25.9 Å². The van der Waals surface area contributed by atoms with Gasteiger partial charge >= 0.3 is 5.97 Å². The Morgan fingerprint density at radius 1 is 0.394 bits per heavy atom. The molecule has 0 bridgehead atoms. The van der Waals surface area contributed by atoms with Crippen molar-refractivity contribution < 1.29 is 24.5 Å². The number of unbranched alkanes of at least 4 members (excludes halogenated alkanes) is 42. The van der Waals surface area contributed by atoms with Gasteiger partial charge in [0.1, 0.15) is 0 Å². The van der Waals surface area contributed by atoms with Crippen LogP contribution in [0.25, 0.3) is 0 Å². The van der Waals surface area contributed by atoms with Gasteiger partial charge in [0.2, 0.25) is 5.91 Å². The summed E-state index contributed by atoms with van der Waals surface area (Å²) in [6.07, 6.45) is 76.0. The minimum atomic E-state index is -0.662. The van der Waals surface area contributed by atoms with Crippen LogP contribution in [-0.2, 0) is 14.3 Å². The number of hydrogen-bond donors (Lipinski definition) is 3. The molecule has 3 N–H and O–H groups in total. The average Bonchev–Trinajstić information content (AvgIpc) is 3.37. The van der Waals surface area contributed by atoms with E-state index in [1.54, 1.807) is 0 Å². The monoisotopic (exact) mass is 998 g/mol. The predicted molar refractivity (Wildman–Crippen MR) is 310 cm³/mol. The molecule has 0 radical (unpaired) electrons. The van der Waals surface area contributed by atoms with Crippen molar-refractivity contribution in [1.82, 2.24) is 5.32 Å². The summed E-state index contributed by atoms with van der Waals surface area (Å²) < 4.78 is 5.47. The first-order chi connectivity index (χ1) is 35.0. The maximum absolute atomic E-state index is 12.4. The van der Waals surface area contributed by atoms with Crippen LogP contribution in [0.4, 0.5) is 0 Å². The summed E-state index contributed by atoms with van der Waals surface area (Å²) in [6, 6.07) is -0.539. The Morgan fingerprint density at radius 3 is 1.13 bits per heavy atom. The molecular weight excluding hydrogens is 875 g/mol. The Hall–Kier alpha value is -1.92. The summed E-state index contributed by atoms with van der Waals surface area (Å²) in [6.45, 7) is 4.91. The number of rotatable bonds is 59. The molecule has 1 amide bonds. The lowest BCUT2D eigenvalue weighted by molar-refractivity contribution is -0.143. The molecule has 6 heteroatoms. The molecule has 0 spiro atoms. The summed E-state index contributed by atoms with van der Waals surface area (Å²) in [4.78, 5) is 24.5. The van der Waals surface area contributed by atoms with Crippen molar-refractivity contribution in [3.05, 3.63) is 36.5 Å². The molecule has 0 saturated heterocycles. The molecule has 0 saturated carbocycles. The fourth-order valence-electron chi connectivity index (χ4n) is 9.77. The van der Waals surface area contributed by atoms with Crippen LogP contribution in [-0.4, -0.2) is 47.4 Å². The number of carbonyl (C=O) groups is 2. The van der Waals surface area contributed by atoms with Crippen LogP contribution in [0.15, 0.2) is 36.5 Å². The van der Waals surface area contributed by atoms with Crippen LogP contribution in [0, 0.1) is 0 Å². The van der Waals surface area contributed by atoms with Crippen molar-refractivity contribution in [1.29, 1.82) is 0 Å². The summed E-state index contributed by atoms with van der Waals surface area (Å²) in [7, 11) is 0. The SMILES string of the molecule is CCCC/C=C\C/C=C\CCCCCCCC(=O)OCCCCCCCCCCCCCC/C=C\CCCCCCCCCCCCCCCC(=O)NC(CO)C(O)CCCCCCCCCCCCC. The van der Waals surface area contributed by atoms with Crippen LogP contribution < -0.4 is 5.32 Å². The molecule has 0 aromatic carbocycles. The summed E-state index contributed by atoms with van der Waals surface area (Å²) in [5.41, 5.74) is 0. The van der Waals surface area contributed by atoms with Crippen molar-refractivity contribution in [3.8, 4) is 0 Å². The van der Waals surface area contributed by atoms with Crippen LogP contribution in [0.3, 0.4) is 0 Å². The number of allylic oxidation sites excluding steroid dienone is 6. The van der Waals surface area contributed by atoms with Crippen LogP contribution in [0.5, 0.6) is 0 Å². The molecule has 2 atom stereocenters. The van der Waals surface area contributed by atoms with Crippen molar-refractivity contribution >= 4 is 11.9 Å². The molecule has 0 fully saturated rings. The van der Waals surface area contributed by atoms with Crippen molar-refractivity contribution in [3.63, 3.8) is 0 Å². The van der Waals surface area contributed by atoms with E-state index in [9.17, 15) is 19.8 Å². The molecule has 0 rings (SSSR count). The second-order valence-electron chi connectivity index (χ2n) is 21.7. The Labute approximate surface area is 443 Å². The number of amides is 1. The van der Waals surface area contributed by atoms with Crippen molar-refractivity contribution in [2.24, 2.45) is 0 Å². The van der Waals surface area contributed by atoms with Gasteiger partial charge in [-0.3, -0.25) is 9.59 Å². The summed E-state index contributed by atoms with van der Waals surface area (Å²) in [5.74, 6) is -0.0327. The minimum absolute atomic E-state index is 0.00174. The zero-order valence-corrected chi connectivity index (χ0v) is 47.7. The van der Waals surface area contributed by atoms with Gasteiger partial charge in [0.25, 0.3) is 0 Å². The minimum Gasteiger partial charge on any atom is -0.466 e. The third-order valence-electron chi connectivity index (χ3n) is 14.7. The topological polar surface area (TPSA) is 95.9 Å². The molecule has 0 aromatic rings. The normalized spacial score (nSPS) is 12.8. The molecule has 71 heavy (non-hydrogen) atoms. The second kappa shape index (κ2) is 60.6. The highest BCUT2D eigenvalue weighted by Crippen LogP contribution is 2.17. The van der Waals surface area contributed by atoms with Crippen molar-refractivity contribution in [2.75, 3.05) is 13.2 Å². The van der Waals surface area contributed by atoms with Gasteiger partial charge in [-0.25, -0.2) is 0 Å². The fourth-order valence-corrected chi connectivity index (χ4v) is 9.77. The van der Waals surface area contributed by atoms with E-state index in [2.05, 4.69) is 55.6 Å². The van der Waals surface area contributed by atoms with Gasteiger partial charge in [-0.2, -0.15) is 0 Å². The maximum Gasteiger partial charge on any atom is 0.305 e. The zero-order chi connectivity index (χ0) is 51.4. The second-order valence-corrected chi connectivity index (χ2v) is 21.7. The van der Waals surface area contributed by atoms with E-state index in [-0.39, 0.29) is 18.5 Å². The molecule has 2 unspecified atom stereocenters. The number of aliphatic hydroxyl groups is 2. The lowest BCUT2D eigenvalue weighted by Crippen LogP contribution is -2.45. The lowest BCUT2D eigenvalue weighted by Gasteiger charge is -2.22. The van der Waals surface area contributed by atoms with Gasteiger partial charge < -0.3 is 20.3 Å². The van der Waals surface area contributed by atoms with Crippen LogP contribution in [0.2, 0.25) is 0 Å². The van der Waals surface area contributed by atoms with Gasteiger partial charge in [0, 0.05) is 12.8 Å². The first kappa shape index (κ1) is 69.1. The highest BCUT2D eigenvalue weighted by molar-refractivity contribution is 5.76. The number of aliphatic hydroxyl groups excluding tert-OH is 2. The van der Waals surface area contributed by atoms with Gasteiger partial charge in [0.05, 0.1) is 25.4 Å². The first-order valence-electron chi connectivity index (χ1n) is 31.7. The third kappa shape index (κ3) is 57.2. The zero-order valence-electron chi connectivity index (χ0n) is 47.7. The Balaban J connectivity index is 3.36. The van der Waals surface area contributed by atoms with Gasteiger partial charge in [-0.15, -0.1) is 0 Å². The van der Waals surface area contributed by atoms with Gasteiger partial charge in [-0.1, -0.05) is 288 Å². The average molecular weight is 999 g/mol. The largest absolute Gasteiger partial charge is 0.466 e. The maximum atomic E-state index is 12.4. The highest BCUT2D eigenvalue weighted by Gasteiger charge is 2.20. The predicted octanol–water partition coefficient (Wildman–Crippen LogP) is 20.0. The highest BCUT2D eigenvalue weighted by atomic mass is 16.5. The van der Waals surface area contributed by atoms with E-state index in [4.69, 9.17) is 4.74 Å². The molecule has 418 valence electrons.